The maximum absolute atomic E-state index is 12.7. The van der Waals surface area contributed by atoms with E-state index in [0.717, 1.165) is 49.4 Å². The summed E-state index contributed by atoms with van der Waals surface area (Å²) < 4.78 is 11.4. The van der Waals surface area contributed by atoms with Crippen molar-refractivity contribution in [3.63, 3.8) is 0 Å². The van der Waals surface area contributed by atoms with Gasteiger partial charge < -0.3 is 19.7 Å². The quantitative estimate of drug-likeness (QED) is 0.925. The highest BCUT2D eigenvalue weighted by molar-refractivity contribution is 5.79. The van der Waals surface area contributed by atoms with E-state index < -0.39 is 0 Å². The third-order valence-electron chi connectivity index (χ3n) is 5.08. The first-order chi connectivity index (χ1) is 11.4. The second kappa shape index (κ2) is 6.63. The van der Waals surface area contributed by atoms with Crippen LogP contribution in [0.1, 0.15) is 44.7 Å². The second-order valence-electron chi connectivity index (χ2n) is 7.61. The number of likely N-dealkylation sites (tertiary alicyclic amines) is 1. The molecular formula is C19H28N2O3. The SMILES string of the molecule is COc1ccc2c(c1)C(NC(=O)C1CCN(C)CC1)CC(C)(C)O2. The number of benzene rings is 1. The average molecular weight is 332 g/mol. The van der Waals surface area contributed by atoms with Gasteiger partial charge in [0.25, 0.3) is 0 Å². The number of carbonyl (C=O) groups is 1. The zero-order valence-electron chi connectivity index (χ0n) is 15.1. The maximum Gasteiger partial charge on any atom is 0.223 e. The fourth-order valence-electron chi connectivity index (χ4n) is 3.65. The van der Waals surface area contributed by atoms with Gasteiger partial charge in [0, 0.05) is 17.9 Å². The molecule has 1 aromatic carbocycles. The number of hydrogen-bond donors (Lipinski definition) is 1. The van der Waals surface area contributed by atoms with Gasteiger partial charge in [-0.25, -0.2) is 0 Å². The molecule has 1 aromatic rings. The van der Waals surface area contributed by atoms with Crippen LogP contribution in [0.2, 0.25) is 0 Å². The first-order valence-corrected chi connectivity index (χ1v) is 8.74. The Hall–Kier alpha value is -1.75. The molecule has 0 bridgehead atoms. The number of piperidine rings is 1. The second-order valence-corrected chi connectivity index (χ2v) is 7.61. The first kappa shape index (κ1) is 17.1. The van der Waals surface area contributed by atoms with Crippen molar-refractivity contribution in [1.82, 2.24) is 10.2 Å². The molecule has 1 fully saturated rings. The van der Waals surface area contributed by atoms with E-state index in [1.165, 1.54) is 0 Å². The number of fused-ring (bicyclic) bond motifs is 1. The molecule has 0 radical (unpaired) electrons. The summed E-state index contributed by atoms with van der Waals surface area (Å²) in [6.07, 6.45) is 2.62. The summed E-state index contributed by atoms with van der Waals surface area (Å²) >= 11 is 0. The number of methoxy groups -OCH3 is 1. The van der Waals surface area contributed by atoms with E-state index in [9.17, 15) is 4.79 Å². The fourth-order valence-corrected chi connectivity index (χ4v) is 3.65. The van der Waals surface area contributed by atoms with Crippen molar-refractivity contribution in [3.8, 4) is 11.5 Å². The molecule has 132 valence electrons. The summed E-state index contributed by atoms with van der Waals surface area (Å²) in [6, 6.07) is 5.77. The van der Waals surface area contributed by atoms with Crippen LogP contribution in [0.15, 0.2) is 18.2 Å². The van der Waals surface area contributed by atoms with Gasteiger partial charge in [0.2, 0.25) is 5.91 Å². The molecular weight excluding hydrogens is 304 g/mol. The molecule has 0 saturated carbocycles. The zero-order chi connectivity index (χ0) is 17.3. The Kier molecular flexibility index (Phi) is 4.72. The molecule has 5 nitrogen and oxygen atoms in total. The average Bonchev–Trinajstić information content (AvgIpc) is 2.54. The Morgan fingerprint density at radius 1 is 1.33 bits per heavy atom. The van der Waals surface area contributed by atoms with Crippen LogP contribution in [0.25, 0.3) is 0 Å². The van der Waals surface area contributed by atoms with Crippen LogP contribution >= 0.6 is 0 Å². The van der Waals surface area contributed by atoms with E-state index >= 15 is 0 Å². The lowest BCUT2D eigenvalue weighted by Gasteiger charge is -2.39. The van der Waals surface area contributed by atoms with Crippen LogP contribution in [-0.4, -0.2) is 43.7 Å². The lowest BCUT2D eigenvalue weighted by atomic mass is 9.88. The van der Waals surface area contributed by atoms with Gasteiger partial charge >= 0.3 is 0 Å². The van der Waals surface area contributed by atoms with Crippen molar-refractivity contribution in [3.05, 3.63) is 23.8 Å². The molecule has 1 saturated heterocycles. The zero-order valence-corrected chi connectivity index (χ0v) is 15.1. The van der Waals surface area contributed by atoms with Crippen LogP contribution < -0.4 is 14.8 Å². The molecule has 0 spiro atoms. The van der Waals surface area contributed by atoms with Gasteiger partial charge in [0.15, 0.2) is 0 Å². The molecule has 2 heterocycles. The maximum atomic E-state index is 12.7. The number of amides is 1. The van der Waals surface area contributed by atoms with Gasteiger partial charge in [0.1, 0.15) is 17.1 Å². The molecule has 24 heavy (non-hydrogen) atoms. The van der Waals surface area contributed by atoms with Crippen molar-refractivity contribution in [2.75, 3.05) is 27.2 Å². The Morgan fingerprint density at radius 3 is 2.71 bits per heavy atom. The molecule has 2 aliphatic rings. The summed E-state index contributed by atoms with van der Waals surface area (Å²) in [5.74, 6) is 1.90. The minimum Gasteiger partial charge on any atom is -0.497 e. The fraction of sp³-hybridized carbons (Fsp3) is 0.632. The predicted octanol–water partition coefficient (Wildman–Crippen LogP) is 2.76. The molecule has 2 aliphatic heterocycles. The van der Waals surface area contributed by atoms with E-state index in [0.29, 0.717) is 0 Å². The van der Waals surface area contributed by atoms with Crippen LogP contribution in [0, 0.1) is 5.92 Å². The smallest absolute Gasteiger partial charge is 0.223 e. The number of rotatable bonds is 3. The molecule has 1 N–H and O–H groups in total. The summed E-state index contributed by atoms with van der Waals surface area (Å²) in [5, 5.41) is 3.27. The van der Waals surface area contributed by atoms with E-state index in [1.54, 1.807) is 7.11 Å². The van der Waals surface area contributed by atoms with Crippen LogP contribution in [0.4, 0.5) is 0 Å². The highest BCUT2D eigenvalue weighted by atomic mass is 16.5. The summed E-state index contributed by atoms with van der Waals surface area (Å²) in [7, 11) is 3.76. The minimum atomic E-state index is -0.299. The van der Waals surface area contributed by atoms with Crippen molar-refractivity contribution in [2.45, 2.75) is 44.8 Å². The van der Waals surface area contributed by atoms with Crippen molar-refractivity contribution >= 4 is 5.91 Å². The third kappa shape index (κ3) is 3.66. The van der Waals surface area contributed by atoms with Crippen LogP contribution in [-0.2, 0) is 4.79 Å². The molecule has 3 rings (SSSR count). The molecule has 5 heteroatoms. The number of ether oxygens (including phenoxy) is 2. The Balaban J connectivity index is 1.78. The van der Waals surface area contributed by atoms with E-state index in [1.807, 2.05) is 18.2 Å². The van der Waals surface area contributed by atoms with Gasteiger partial charge in [-0.1, -0.05) is 0 Å². The van der Waals surface area contributed by atoms with Gasteiger partial charge in [-0.3, -0.25) is 4.79 Å². The van der Waals surface area contributed by atoms with E-state index in [2.05, 4.69) is 31.1 Å². The first-order valence-electron chi connectivity index (χ1n) is 8.74. The molecule has 1 amide bonds. The van der Waals surface area contributed by atoms with Gasteiger partial charge in [0.05, 0.1) is 13.2 Å². The third-order valence-corrected chi connectivity index (χ3v) is 5.08. The molecule has 0 aromatic heterocycles. The largest absolute Gasteiger partial charge is 0.497 e. The Labute approximate surface area is 144 Å². The predicted molar refractivity (Wildman–Crippen MR) is 93.4 cm³/mol. The highest BCUT2D eigenvalue weighted by Crippen LogP contribution is 2.41. The number of nitrogens with zero attached hydrogens (tertiary/aromatic N) is 1. The number of nitrogens with one attached hydrogen (secondary N) is 1. The molecule has 0 aliphatic carbocycles. The summed E-state index contributed by atoms with van der Waals surface area (Å²) in [5.41, 5.74) is 0.710. The van der Waals surface area contributed by atoms with Crippen LogP contribution in [0.3, 0.4) is 0 Å². The lowest BCUT2D eigenvalue weighted by Crippen LogP contribution is -2.44. The highest BCUT2D eigenvalue weighted by Gasteiger charge is 2.36. The van der Waals surface area contributed by atoms with Crippen molar-refractivity contribution in [1.29, 1.82) is 0 Å². The van der Waals surface area contributed by atoms with Crippen LogP contribution in [0.5, 0.6) is 11.5 Å². The summed E-state index contributed by atoms with van der Waals surface area (Å²) in [4.78, 5) is 15.0. The lowest BCUT2D eigenvalue weighted by molar-refractivity contribution is -0.127. The number of hydrogen-bond acceptors (Lipinski definition) is 4. The molecule has 1 atom stereocenters. The van der Waals surface area contributed by atoms with Gasteiger partial charge in [-0.15, -0.1) is 0 Å². The summed E-state index contributed by atoms with van der Waals surface area (Å²) in [6.45, 7) is 6.10. The van der Waals surface area contributed by atoms with Crippen molar-refractivity contribution in [2.24, 2.45) is 5.92 Å². The number of carbonyl (C=O) groups excluding carboxylic acids is 1. The minimum absolute atomic E-state index is 0.0361. The standard InChI is InChI=1S/C19H28N2O3/c1-19(2)12-16(15-11-14(23-4)5-6-17(15)24-19)20-18(22)13-7-9-21(3)10-8-13/h5-6,11,13,16H,7-10,12H2,1-4H3,(H,20,22). The molecule has 1 unspecified atom stereocenters. The normalized spacial score (nSPS) is 23.9. The van der Waals surface area contributed by atoms with E-state index in [-0.39, 0.29) is 23.5 Å². The van der Waals surface area contributed by atoms with Crippen molar-refractivity contribution < 1.29 is 14.3 Å². The Bertz CT molecular complexity index is 607. The Morgan fingerprint density at radius 2 is 2.04 bits per heavy atom. The van der Waals surface area contributed by atoms with Gasteiger partial charge in [-0.05, 0) is 65.0 Å². The van der Waals surface area contributed by atoms with Gasteiger partial charge in [-0.2, -0.15) is 0 Å². The monoisotopic (exact) mass is 332 g/mol. The van der Waals surface area contributed by atoms with E-state index in [4.69, 9.17) is 9.47 Å². The topological polar surface area (TPSA) is 50.8 Å².